The normalized spacial score (nSPS) is 23.2. The van der Waals surface area contributed by atoms with Crippen molar-refractivity contribution >= 4 is 0 Å². The minimum absolute atomic E-state index is 0.806. The Bertz CT molecular complexity index is 167. The molecule has 0 atom stereocenters. The van der Waals surface area contributed by atoms with Crippen LogP contribution in [0, 0.1) is 17.3 Å². The third-order valence-corrected chi connectivity index (χ3v) is 3.00. The van der Waals surface area contributed by atoms with Crippen LogP contribution in [0.2, 0.25) is 0 Å². The van der Waals surface area contributed by atoms with Crippen LogP contribution in [0.3, 0.4) is 0 Å². The number of nitrogens with one attached hydrogen (secondary N) is 1. The van der Waals surface area contributed by atoms with Crippen molar-refractivity contribution in [3.8, 4) is 11.8 Å². The van der Waals surface area contributed by atoms with E-state index in [0.29, 0.717) is 0 Å². The van der Waals surface area contributed by atoms with Crippen molar-refractivity contribution in [2.75, 3.05) is 13.1 Å². The maximum atomic E-state index is 3.42. The van der Waals surface area contributed by atoms with Crippen molar-refractivity contribution in [1.82, 2.24) is 5.32 Å². The summed E-state index contributed by atoms with van der Waals surface area (Å²) >= 11 is 0. The molecule has 1 heterocycles. The van der Waals surface area contributed by atoms with Crippen LogP contribution in [0.1, 0.15) is 39.5 Å². The zero-order valence-electron chi connectivity index (χ0n) is 8.24. The predicted octanol–water partition coefficient (Wildman–Crippen LogP) is 2.18. The SMILES string of the molecule is C1CC2(C1)CCNC2.CC#CC. The van der Waals surface area contributed by atoms with E-state index in [0.717, 1.165) is 5.41 Å². The molecule has 12 heavy (non-hydrogen) atoms. The summed E-state index contributed by atoms with van der Waals surface area (Å²) in [6.07, 6.45) is 5.94. The van der Waals surface area contributed by atoms with Crippen LogP contribution in [-0.4, -0.2) is 13.1 Å². The largest absolute Gasteiger partial charge is 0.316 e. The highest BCUT2D eigenvalue weighted by Crippen LogP contribution is 2.45. The van der Waals surface area contributed by atoms with E-state index in [9.17, 15) is 0 Å². The fraction of sp³-hybridized carbons (Fsp3) is 0.818. The summed E-state index contributed by atoms with van der Waals surface area (Å²) in [4.78, 5) is 0. The molecule has 0 radical (unpaired) electrons. The maximum absolute atomic E-state index is 3.42. The molecule has 0 unspecified atom stereocenters. The van der Waals surface area contributed by atoms with E-state index in [1.54, 1.807) is 0 Å². The lowest BCUT2D eigenvalue weighted by Gasteiger charge is -2.37. The van der Waals surface area contributed by atoms with Gasteiger partial charge in [0.2, 0.25) is 0 Å². The molecule has 0 aromatic heterocycles. The second-order valence-electron chi connectivity index (χ2n) is 3.78. The van der Waals surface area contributed by atoms with Crippen LogP contribution in [0.4, 0.5) is 0 Å². The molecule has 0 aromatic rings. The first-order valence-electron chi connectivity index (χ1n) is 4.87. The molecule has 1 nitrogen and oxygen atoms in total. The molecule has 1 spiro atoms. The van der Waals surface area contributed by atoms with Crippen molar-refractivity contribution in [3.63, 3.8) is 0 Å². The van der Waals surface area contributed by atoms with E-state index in [2.05, 4.69) is 17.2 Å². The zero-order valence-corrected chi connectivity index (χ0v) is 8.24. The van der Waals surface area contributed by atoms with Gasteiger partial charge in [-0.15, -0.1) is 11.8 Å². The van der Waals surface area contributed by atoms with Gasteiger partial charge in [0, 0.05) is 6.54 Å². The van der Waals surface area contributed by atoms with Crippen LogP contribution in [-0.2, 0) is 0 Å². The molecular formula is C11H19N. The molecule has 1 saturated carbocycles. The Labute approximate surface area is 75.9 Å². The monoisotopic (exact) mass is 165 g/mol. The second-order valence-corrected chi connectivity index (χ2v) is 3.78. The van der Waals surface area contributed by atoms with E-state index in [-0.39, 0.29) is 0 Å². The molecule has 0 amide bonds. The van der Waals surface area contributed by atoms with Crippen molar-refractivity contribution in [2.45, 2.75) is 39.5 Å². The molecule has 2 aliphatic rings. The van der Waals surface area contributed by atoms with Gasteiger partial charge in [-0.3, -0.25) is 0 Å². The highest BCUT2D eigenvalue weighted by molar-refractivity contribution is 4.93. The molecule has 1 aliphatic carbocycles. The van der Waals surface area contributed by atoms with Crippen LogP contribution in [0.5, 0.6) is 0 Å². The van der Waals surface area contributed by atoms with Crippen LogP contribution < -0.4 is 5.32 Å². The lowest BCUT2D eigenvalue weighted by molar-refractivity contribution is 0.163. The molecule has 2 fully saturated rings. The number of hydrogen-bond acceptors (Lipinski definition) is 1. The summed E-state index contributed by atoms with van der Waals surface area (Å²) in [5.74, 6) is 5.36. The van der Waals surface area contributed by atoms with Gasteiger partial charge in [0.05, 0.1) is 0 Å². The van der Waals surface area contributed by atoms with Crippen molar-refractivity contribution < 1.29 is 0 Å². The van der Waals surface area contributed by atoms with Crippen molar-refractivity contribution in [1.29, 1.82) is 0 Å². The summed E-state index contributed by atoms with van der Waals surface area (Å²) in [6.45, 7) is 6.23. The van der Waals surface area contributed by atoms with Crippen molar-refractivity contribution in [2.24, 2.45) is 5.41 Å². The summed E-state index contributed by atoms with van der Waals surface area (Å²) in [7, 11) is 0. The molecule has 1 N–H and O–H groups in total. The third kappa shape index (κ3) is 2.25. The fourth-order valence-electron chi connectivity index (χ4n) is 1.90. The first kappa shape index (κ1) is 9.61. The Morgan fingerprint density at radius 2 is 1.75 bits per heavy atom. The van der Waals surface area contributed by atoms with E-state index >= 15 is 0 Å². The molecule has 68 valence electrons. The topological polar surface area (TPSA) is 12.0 Å². The van der Waals surface area contributed by atoms with E-state index in [4.69, 9.17) is 0 Å². The minimum Gasteiger partial charge on any atom is -0.316 e. The predicted molar refractivity (Wildman–Crippen MR) is 52.9 cm³/mol. The summed E-state index contributed by atoms with van der Waals surface area (Å²) in [5, 5.41) is 3.42. The molecule has 0 aromatic carbocycles. The Morgan fingerprint density at radius 3 is 1.92 bits per heavy atom. The zero-order chi connectivity index (χ0) is 8.86. The lowest BCUT2D eigenvalue weighted by atomic mass is 9.68. The first-order valence-corrected chi connectivity index (χ1v) is 4.87. The molecule has 2 rings (SSSR count). The molecule has 1 heteroatoms. The van der Waals surface area contributed by atoms with Gasteiger partial charge in [-0.25, -0.2) is 0 Å². The Balaban J connectivity index is 0.000000157. The average molecular weight is 165 g/mol. The first-order chi connectivity index (χ1) is 5.83. The van der Waals surface area contributed by atoms with Crippen LogP contribution in [0.15, 0.2) is 0 Å². The summed E-state index contributed by atoms with van der Waals surface area (Å²) < 4.78 is 0. The van der Waals surface area contributed by atoms with E-state index in [1.807, 2.05) is 13.8 Å². The standard InChI is InChI=1S/C7H13N.C4H6/c1-2-7(3-1)4-5-8-6-7;1-3-4-2/h8H,1-6H2;1-2H3. The Morgan fingerprint density at radius 1 is 1.08 bits per heavy atom. The maximum Gasteiger partial charge on any atom is 0.000829 e. The quantitative estimate of drug-likeness (QED) is 0.542. The van der Waals surface area contributed by atoms with Gasteiger partial charge in [0.1, 0.15) is 0 Å². The van der Waals surface area contributed by atoms with Gasteiger partial charge in [0.25, 0.3) is 0 Å². The van der Waals surface area contributed by atoms with E-state index < -0.39 is 0 Å². The van der Waals surface area contributed by atoms with Gasteiger partial charge in [-0.05, 0) is 45.1 Å². The van der Waals surface area contributed by atoms with Gasteiger partial charge in [-0.2, -0.15) is 0 Å². The van der Waals surface area contributed by atoms with E-state index in [1.165, 1.54) is 38.8 Å². The summed E-state index contributed by atoms with van der Waals surface area (Å²) in [5.41, 5.74) is 0.806. The minimum atomic E-state index is 0.806. The second kappa shape index (κ2) is 4.52. The molecular weight excluding hydrogens is 146 g/mol. The van der Waals surface area contributed by atoms with Crippen LogP contribution in [0.25, 0.3) is 0 Å². The highest BCUT2D eigenvalue weighted by Gasteiger charge is 2.38. The lowest BCUT2D eigenvalue weighted by Crippen LogP contribution is -2.31. The Hall–Kier alpha value is -0.480. The average Bonchev–Trinajstić information content (AvgIpc) is 2.52. The number of rotatable bonds is 0. The fourth-order valence-corrected chi connectivity index (χ4v) is 1.90. The van der Waals surface area contributed by atoms with Crippen LogP contribution >= 0.6 is 0 Å². The highest BCUT2D eigenvalue weighted by atomic mass is 14.9. The van der Waals surface area contributed by atoms with Crippen molar-refractivity contribution in [3.05, 3.63) is 0 Å². The number of hydrogen-bond donors (Lipinski definition) is 1. The molecule has 1 saturated heterocycles. The third-order valence-electron chi connectivity index (χ3n) is 3.00. The van der Waals surface area contributed by atoms with Gasteiger partial charge >= 0.3 is 0 Å². The Kier molecular flexibility index (Phi) is 3.62. The van der Waals surface area contributed by atoms with Gasteiger partial charge < -0.3 is 5.32 Å². The summed E-state index contributed by atoms with van der Waals surface area (Å²) in [6, 6.07) is 0. The van der Waals surface area contributed by atoms with Gasteiger partial charge in [0.15, 0.2) is 0 Å². The van der Waals surface area contributed by atoms with Gasteiger partial charge in [-0.1, -0.05) is 6.42 Å². The smallest absolute Gasteiger partial charge is 0.000829 e. The molecule has 0 bridgehead atoms. The molecule has 1 aliphatic heterocycles.